The number of para-hydroxylation sites is 1. The number of hydrogen-bond donors (Lipinski definition) is 0. The second-order valence-electron chi connectivity index (χ2n) is 8.91. The van der Waals surface area contributed by atoms with E-state index in [1.165, 1.54) is 11.3 Å². The normalized spacial score (nSPS) is 15.3. The maximum Gasteiger partial charge on any atom is 0.260 e. The predicted molar refractivity (Wildman–Crippen MR) is 140 cm³/mol. The number of likely N-dealkylation sites (N-methyl/N-ethyl adjacent to an activating group) is 1. The van der Waals surface area contributed by atoms with Gasteiger partial charge in [-0.1, -0.05) is 30.2 Å². The number of nitrogens with zero attached hydrogens (tertiary/aromatic N) is 4. The molecule has 10 heteroatoms. The van der Waals surface area contributed by atoms with Gasteiger partial charge in [0.1, 0.15) is 11.3 Å². The lowest BCUT2D eigenvalue weighted by molar-refractivity contribution is 0.0985. The van der Waals surface area contributed by atoms with E-state index in [4.69, 9.17) is 9.72 Å². The second-order valence-corrected chi connectivity index (χ2v) is 11.9. The maximum atomic E-state index is 13.6. The van der Waals surface area contributed by atoms with Gasteiger partial charge in [-0.2, -0.15) is 4.31 Å². The summed E-state index contributed by atoms with van der Waals surface area (Å²) in [6.07, 6.45) is 3.87. The summed E-state index contributed by atoms with van der Waals surface area (Å²) >= 11 is 1.43. The minimum absolute atomic E-state index is 0.219. The summed E-state index contributed by atoms with van der Waals surface area (Å²) in [5.74, 6) is 0.441. The number of rotatable bonds is 8. The molecule has 1 fully saturated rings. The highest BCUT2D eigenvalue weighted by Crippen LogP contribution is 2.34. The van der Waals surface area contributed by atoms with Crippen molar-refractivity contribution >= 4 is 42.6 Å². The predicted octanol–water partition coefficient (Wildman–Crippen LogP) is 4.08. The van der Waals surface area contributed by atoms with Crippen molar-refractivity contribution in [1.82, 2.24) is 14.2 Å². The Kier molecular flexibility index (Phi) is 8.05. The van der Waals surface area contributed by atoms with Crippen LogP contribution in [0.5, 0.6) is 5.75 Å². The number of hydrogen-bond acceptors (Lipinski definition) is 7. The first-order valence-electron chi connectivity index (χ1n) is 11.8. The molecule has 2 aromatic carbocycles. The monoisotopic (exact) mass is 516 g/mol. The lowest BCUT2D eigenvalue weighted by Gasteiger charge is -2.22. The van der Waals surface area contributed by atoms with Crippen LogP contribution in [-0.2, 0) is 10.0 Å². The van der Waals surface area contributed by atoms with Gasteiger partial charge in [-0.3, -0.25) is 9.69 Å². The molecular weight excluding hydrogens is 484 g/mol. The van der Waals surface area contributed by atoms with Gasteiger partial charge in [0.2, 0.25) is 10.0 Å². The van der Waals surface area contributed by atoms with E-state index in [1.54, 1.807) is 40.6 Å². The number of fused-ring (bicyclic) bond motifs is 1. The fourth-order valence-electron chi connectivity index (χ4n) is 4.13. The number of carbonyl (C=O) groups is 1. The molecule has 3 aromatic rings. The molecule has 1 aliphatic rings. The van der Waals surface area contributed by atoms with E-state index in [9.17, 15) is 13.2 Å². The summed E-state index contributed by atoms with van der Waals surface area (Å²) in [6.45, 7) is 2.19. The molecule has 0 atom stereocenters. The zero-order chi connectivity index (χ0) is 25.0. The van der Waals surface area contributed by atoms with E-state index >= 15 is 0 Å². The standard InChI is InChI=1S/C25H32N4O4S2/c1-27(2)17-18-29(25-26-23-21(33-3)9-8-10-22(23)34-25)24(30)19-11-13-20(14-12-19)35(31,32)28-15-6-4-5-7-16-28/h8-14H,4-7,15-18H2,1-3H3. The summed E-state index contributed by atoms with van der Waals surface area (Å²) in [6, 6.07) is 12.0. The molecule has 8 nitrogen and oxygen atoms in total. The summed E-state index contributed by atoms with van der Waals surface area (Å²) in [5, 5.41) is 0.581. The van der Waals surface area contributed by atoms with Crippen molar-refractivity contribution in [1.29, 1.82) is 0 Å². The van der Waals surface area contributed by atoms with Gasteiger partial charge in [0.15, 0.2) is 5.13 Å². The van der Waals surface area contributed by atoms with Gasteiger partial charge in [-0.05, 0) is 63.3 Å². The van der Waals surface area contributed by atoms with E-state index in [2.05, 4.69) is 0 Å². The third-order valence-corrected chi connectivity index (χ3v) is 9.10. The van der Waals surface area contributed by atoms with Crippen LogP contribution in [0.25, 0.3) is 10.2 Å². The van der Waals surface area contributed by atoms with Crippen LogP contribution in [0.4, 0.5) is 5.13 Å². The average Bonchev–Trinajstić information content (AvgIpc) is 3.08. The van der Waals surface area contributed by atoms with Crippen LogP contribution >= 0.6 is 11.3 Å². The number of aromatic nitrogens is 1. The van der Waals surface area contributed by atoms with Crippen LogP contribution in [0.2, 0.25) is 0 Å². The van der Waals surface area contributed by atoms with Crippen molar-refractivity contribution in [2.45, 2.75) is 30.6 Å². The quantitative estimate of drug-likeness (QED) is 0.449. The first-order chi connectivity index (χ1) is 16.8. The summed E-state index contributed by atoms with van der Waals surface area (Å²) in [4.78, 5) is 22.2. The minimum Gasteiger partial charge on any atom is -0.494 e. The van der Waals surface area contributed by atoms with Gasteiger partial charge < -0.3 is 9.64 Å². The maximum absolute atomic E-state index is 13.6. The third kappa shape index (κ3) is 5.66. The average molecular weight is 517 g/mol. The fraction of sp³-hybridized carbons (Fsp3) is 0.440. The van der Waals surface area contributed by atoms with Crippen LogP contribution < -0.4 is 9.64 Å². The fourth-order valence-corrected chi connectivity index (χ4v) is 6.66. The first kappa shape index (κ1) is 25.6. The molecule has 2 heterocycles. The summed E-state index contributed by atoms with van der Waals surface area (Å²) in [7, 11) is 1.93. The molecule has 1 saturated heterocycles. The van der Waals surface area contributed by atoms with Crippen molar-refractivity contribution in [2.75, 3.05) is 52.3 Å². The van der Waals surface area contributed by atoms with Gasteiger partial charge in [0.25, 0.3) is 5.91 Å². The molecular formula is C25H32N4O4S2. The lowest BCUT2D eigenvalue weighted by Crippen LogP contribution is -2.36. The molecule has 0 aliphatic carbocycles. The number of benzene rings is 2. The van der Waals surface area contributed by atoms with Crippen molar-refractivity contribution in [3.05, 3.63) is 48.0 Å². The molecule has 1 amide bonds. The Morgan fingerprint density at radius 2 is 1.71 bits per heavy atom. The number of ether oxygens (including phenoxy) is 1. The molecule has 0 unspecified atom stereocenters. The topological polar surface area (TPSA) is 83.0 Å². The number of sulfonamides is 1. The van der Waals surface area contributed by atoms with Crippen LogP contribution in [0.3, 0.4) is 0 Å². The lowest BCUT2D eigenvalue weighted by atomic mass is 10.2. The molecule has 35 heavy (non-hydrogen) atoms. The van der Waals surface area contributed by atoms with Gasteiger partial charge in [-0.15, -0.1) is 0 Å². The summed E-state index contributed by atoms with van der Waals surface area (Å²) in [5.41, 5.74) is 1.14. The van der Waals surface area contributed by atoms with Gasteiger partial charge in [0.05, 0.1) is 16.7 Å². The molecule has 1 aromatic heterocycles. The molecule has 0 saturated carbocycles. The number of thiazole rings is 1. The first-order valence-corrected chi connectivity index (χ1v) is 14.1. The Morgan fingerprint density at radius 3 is 2.34 bits per heavy atom. The molecule has 0 spiro atoms. The van der Waals surface area contributed by atoms with Crippen LogP contribution in [0.15, 0.2) is 47.4 Å². The van der Waals surface area contributed by atoms with Crippen LogP contribution in [0.1, 0.15) is 36.0 Å². The molecule has 4 rings (SSSR count). The third-order valence-electron chi connectivity index (χ3n) is 6.14. The van der Waals surface area contributed by atoms with Gasteiger partial charge >= 0.3 is 0 Å². The highest BCUT2D eigenvalue weighted by molar-refractivity contribution is 7.89. The van der Waals surface area contributed by atoms with Gasteiger partial charge in [0, 0.05) is 31.7 Å². The largest absolute Gasteiger partial charge is 0.494 e. The summed E-state index contributed by atoms with van der Waals surface area (Å²) < 4.78 is 34.2. The highest BCUT2D eigenvalue weighted by atomic mass is 32.2. The van der Waals surface area contributed by atoms with Crippen LogP contribution in [0, 0.1) is 0 Å². The Morgan fingerprint density at radius 1 is 1.03 bits per heavy atom. The SMILES string of the molecule is COc1cccc2sc(N(CCN(C)C)C(=O)c3ccc(S(=O)(=O)N4CCCCCC4)cc3)nc12. The van der Waals surface area contributed by atoms with E-state index in [0.717, 1.165) is 35.9 Å². The van der Waals surface area contributed by atoms with Crippen molar-refractivity contribution < 1.29 is 17.9 Å². The van der Waals surface area contributed by atoms with Crippen LogP contribution in [-0.4, -0.2) is 75.9 Å². The second kappa shape index (κ2) is 11.0. The molecule has 0 bridgehead atoms. The molecule has 1 aliphatic heterocycles. The smallest absolute Gasteiger partial charge is 0.260 e. The van der Waals surface area contributed by atoms with Gasteiger partial charge in [-0.25, -0.2) is 13.4 Å². The number of methoxy groups -OCH3 is 1. The van der Waals surface area contributed by atoms with E-state index in [-0.39, 0.29) is 10.8 Å². The number of carbonyl (C=O) groups excluding carboxylic acids is 1. The highest BCUT2D eigenvalue weighted by Gasteiger charge is 2.27. The van der Waals surface area contributed by atoms with Crippen molar-refractivity contribution in [3.8, 4) is 5.75 Å². The van der Waals surface area contributed by atoms with E-state index in [1.807, 2.05) is 37.2 Å². The Bertz CT molecular complexity index is 1260. The number of amides is 1. The van der Waals surface area contributed by atoms with E-state index < -0.39 is 10.0 Å². The minimum atomic E-state index is -3.57. The zero-order valence-electron chi connectivity index (χ0n) is 20.4. The Balaban J connectivity index is 1.62. The van der Waals surface area contributed by atoms with Crippen molar-refractivity contribution in [3.63, 3.8) is 0 Å². The number of anilines is 1. The molecule has 188 valence electrons. The van der Waals surface area contributed by atoms with Crippen molar-refractivity contribution in [2.24, 2.45) is 0 Å². The Hall–Kier alpha value is -2.53. The van der Waals surface area contributed by atoms with E-state index in [0.29, 0.717) is 42.6 Å². The molecule has 0 N–H and O–H groups in total. The zero-order valence-corrected chi connectivity index (χ0v) is 22.1. The Labute approximate surface area is 211 Å². The molecule has 0 radical (unpaired) electrons.